The molecular formula is C15H18O3. The molecule has 2 unspecified atom stereocenters. The van der Waals surface area contributed by atoms with Crippen LogP contribution in [-0.4, -0.2) is 16.9 Å². The van der Waals surface area contributed by atoms with Gasteiger partial charge in [0.25, 0.3) is 0 Å². The maximum absolute atomic E-state index is 11.7. The smallest absolute Gasteiger partial charge is 0.304 e. The Morgan fingerprint density at radius 3 is 2.67 bits per heavy atom. The van der Waals surface area contributed by atoms with Gasteiger partial charge in [0.2, 0.25) is 0 Å². The SMILES string of the molecule is O=C(O)CC1CC(Cc2ccccc2)CCC1=O. The van der Waals surface area contributed by atoms with Crippen LogP contribution in [0.5, 0.6) is 0 Å². The van der Waals surface area contributed by atoms with E-state index < -0.39 is 5.97 Å². The van der Waals surface area contributed by atoms with Gasteiger partial charge in [0, 0.05) is 12.3 Å². The monoisotopic (exact) mass is 246 g/mol. The highest BCUT2D eigenvalue weighted by Gasteiger charge is 2.30. The minimum Gasteiger partial charge on any atom is -0.481 e. The standard InChI is InChI=1S/C15H18O3/c16-14-7-6-12(9-13(14)10-15(17)18)8-11-4-2-1-3-5-11/h1-5,12-13H,6-10H2,(H,17,18). The lowest BCUT2D eigenvalue weighted by molar-refractivity contribution is -0.141. The molecule has 1 aromatic rings. The van der Waals surface area contributed by atoms with Gasteiger partial charge in [-0.2, -0.15) is 0 Å². The van der Waals surface area contributed by atoms with Crippen LogP contribution in [0.25, 0.3) is 0 Å². The van der Waals surface area contributed by atoms with Crippen LogP contribution in [-0.2, 0) is 16.0 Å². The Hall–Kier alpha value is -1.64. The van der Waals surface area contributed by atoms with Crippen LogP contribution in [0.1, 0.15) is 31.2 Å². The van der Waals surface area contributed by atoms with Crippen LogP contribution in [0.2, 0.25) is 0 Å². The lowest BCUT2D eigenvalue weighted by atomic mass is 9.76. The van der Waals surface area contributed by atoms with E-state index in [-0.39, 0.29) is 18.1 Å². The minimum absolute atomic E-state index is 0.00980. The van der Waals surface area contributed by atoms with E-state index in [2.05, 4.69) is 12.1 Å². The molecule has 3 nitrogen and oxygen atoms in total. The largest absolute Gasteiger partial charge is 0.481 e. The van der Waals surface area contributed by atoms with Gasteiger partial charge < -0.3 is 5.11 Å². The number of rotatable bonds is 4. The number of carboxylic acids is 1. The maximum atomic E-state index is 11.7. The molecule has 0 radical (unpaired) electrons. The highest BCUT2D eigenvalue weighted by molar-refractivity contribution is 5.85. The normalized spacial score (nSPS) is 23.9. The van der Waals surface area contributed by atoms with E-state index >= 15 is 0 Å². The molecular weight excluding hydrogens is 228 g/mol. The first-order valence-corrected chi connectivity index (χ1v) is 6.43. The highest BCUT2D eigenvalue weighted by Crippen LogP contribution is 2.31. The molecule has 2 rings (SSSR count). The van der Waals surface area contributed by atoms with Crippen molar-refractivity contribution in [2.24, 2.45) is 11.8 Å². The first-order chi connectivity index (χ1) is 8.65. The van der Waals surface area contributed by atoms with Gasteiger partial charge in [-0.15, -0.1) is 0 Å². The van der Waals surface area contributed by atoms with Crippen LogP contribution in [0.15, 0.2) is 30.3 Å². The van der Waals surface area contributed by atoms with Crippen molar-refractivity contribution in [1.82, 2.24) is 0 Å². The molecule has 18 heavy (non-hydrogen) atoms. The molecule has 0 aromatic heterocycles. The molecule has 96 valence electrons. The first-order valence-electron chi connectivity index (χ1n) is 6.43. The fourth-order valence-electron chi connectivity index (χ4n) is 2.74. The average Bonchev–Trinajstić information content (AvgIpc) is 2.34. The molecule has 1 aliphatic rings. The van der Waals surface area contributed by atoms with Crippen molar-refractivity contribution in [3.8, 4) is 0 Å². The van der Waals surface area contributed by atoms with Crippen molar-refractivity contribution in [3.05, 3.63) is 35.9 Å². The molecule has 1 aliphatic carbocycles. The minimum atomic E-state index is -0.867. The van der Waals surface area contributed by atoms with Gasteiger partial charge in [-0.3, -0.25) is 9.59 Å². The number of aliphatic carboxylic acids is 1. The molecule has 0 spiro atoms. The number of carbonyl (C=O) groups excluding carboxylic acids is 1. The number of carbonyl (C=O) groups is 2. The van der Waals surface area contributed by atoms with E-state index in [4.69, 9.17) is 5.11 Å². The summed E-state index contributed by atoms with van der Waals surface area (Å²) in [5.41, 5.74) is 1.27. The van der Waals surface area contributed by atoms with Gasteiger partial charge in [0.15, 0.2) is 0 Å². The Morgan fingerprint density at radius 1 is 1.28 bits per heavy atom. The zero-order chi connectivity index (χ0) is 13.0. The number of Topliss-reactive ketones (excluding diaryl/α,β-unsaturated/α-hetero) is 1. The second kappa shape index (κ2) is 5.80. The summed E-state index contributed by atoms with van der Waals surface area (Å²) >= 11 is 0. The van der Waals surface area contributed by atoms with E-state index in [0.717, 1.165) is 19.3 Å². The topological polar surface area (TPSA) is 54.4 Å². The fraction of sp³-hybridized carbons (Fsp3) is 0.467. The van der Waals surface area contributed by atoms with Crippen LogP contribution in [0, 0.1) is 11.8 Å². The Labute approximate surface area is 107 Å². The Balaban J connectivity index is 1.95. The van der Waals surface area contributed by atoms with Crippen molar-refractivity contribution in [3.63, 3.8) is 0 Å². The summed E-state index contributed by atoms with van der Waals surface area (Å²) in [6.07, 6.45) is 3.09. The summed E-state index contributed by atoms with van der Waals surface area (Å²) < 4.78 is 0. The summed E-state index contributed by atoms with van der Waals surface area (Å²) in [7, 11) is 0. The van der Waals surface area contributed by atoms with E-state index in [1.54, 1.807) is 0 Å². The zero-order valence-electron chi connectivity index (χ0n) is 10.3. The Bertz CT molecular complexity index is 425. The zero-order valence-corrected chi connectivity index (χ0v) is 10.3. The quantitative estimate of drug-likeness (QED) is 0.888. The molecule has 3 heteroatoms. The van der Waals surface area contributed by atoms with E-state index in [9.17, 15) is 9.59 Å². The van der Waals surface area contributed by atoms with E-state index in [1.807, 2.05) is 18.2 Å². The molecule has 0 heterocycles. The summed E-state index contributed by atoms with van der Waals surface area (Å²) in [6, 6.07) is 10.2. The van der Waals surface area contributed by atoms with Crippen LogP contribution < -0.4 is 0 Å². The summed E-state index contributed by atoms with van der Waals surface area (Å²) in [4.78, 5) is 22.4. The van der Waals surface area contributed by atoms with Crippen LogP contribution in [0.3, 0.4) is 0 Å². The molecule has 0 amide bonds. The van der Waals surface area contributed by atoms with Crippen molar-refractivity contribution >= 4 is 11.8 Å². The predicted molar refractivity (Wildman–Crippen MR) is 68.2 cm³/mol. The Kier molecular flexibility index (Phi) is 4.13. The predicted octanol–water partition coefficient (Wildman–Crippen LogP) is 2.69. The fourth-order valence-corrected chi connectivity index (χ4v) is 2.74. The van der Waals surface area contributed by atoms with Crippen LogP contribution >= 0.6 is 0 Å². The van der Waals surface area contributed by atoms with Gasteiger partial charge in [-0.05, 0) is 30.7 Å². The average molecular weight is 246 g/mol. The molecule has 1 N–H and O–H groups in total. The molecule has 0 saturated heterocycles. The summed E-state index contributed by atoms with van der Waals surface area (Å²) in [5, 5.41) is 8.81. The number of carboxylic acid groups (broad SMARTS) is 1. The summed E-state index contributed by atoms with van der Waals surface area (Å²) in [6.45, 7) is 0. The van der Waals surface area contributed by atoms with E-state index in [0.29, 0.717) is 12.3 Å². The Morgan fingerprint density at radius 2 is 2.00 bits per heavy atom. The molecule has 1 saturated carbocycles. The maximum Gasteiger partial charge on any atom is 0.304 e. The third-order valence-corrected chi connectivity index (χ3v) is 3.66. The third-order valence-electron chi connectivity index (χ3n) is 3.66. The first kappa shape index (κ1) is 12.8. The second-order valence-corrected chi connectivity index (χ2v) is 5.09. The number of hydrogen-bond acceptors (Lipinski definition) is 2. The van der Waals surface area contributed by atoms with Gasteiger partial charge in [0.05, 0.1) is 6.42 Å². The van der Waals surface area contributed by atoms with Crippen molar-refractivity contribution in [2.75, 3.05) is 0 Å². The number of ketones is 1. The lowest BCUT2D eigenvalue weighted by Crippen LogP contribution is -2.27. The lowest BCUT2D eigenvalue weighted by Gasteiger charge is -2.27. The van der Waals surface area contributed by atoms with Crippen molar-refractivity contribution in [1.29, 1.82) is 0 Å². The molecule has 0 bridgehead atoms. The van der Waals surface area contributed by atoms with Crippen molar-refractivity contribution in [2.45, 2.75) is 32.1 Å². The van der Waals surface area contributed by atoms with Gasteiger partial charge in [-0.1, -0.05) is 30.3 Å². The highest BCUT2D eigenvalue weighted by atomic mass is 16.4. The van der Waals surface area contributed by atoms with Crippen molar-refractivity contribution < 1.29 is 14.7 Å². The second-order valence-electron chi connectivity index (χ2n) is 5.09. The summed E-state index contributed by atoms with van der Waals surface area (Å²) in [5.74, 6) is -0.574. The van der Waals surface area contributed by atoms with Crippen LogP contribution in [0.4, 0.5) is 0 Å². The molecule has 0 aliphatic heterocycles. The van der Waals surface area contributed by atoms with Gasteiger partial charge >= 0.3 is 5.97 Å². The van der Waals surface area contributed by atoms with E-state index in [1.165, 1.54) is 5.56 Å². The van der Waals surface area contributed by atoms with Gasteiger partial charge in [0.1, 0.15) is 5.78 Å². The molecule has 2 atom stereocenters. The number of hydrogen-bond donors (Lipinski definition) is 1. The van der Waals surface area contributed by atoms with Gasteiger partial charge in [-0.25, -0.2) is 0 Å². The third kappa shape index (κ3) is 3.42. The molecule has 1 fully saturated rings. The number of benzene rings is 1. The molecule has 1 aromatic carbocycles.